The van der Waals surface area contributed by atoms with E-state index in [-0.39, 0.29) is 49.3 Å². The van der Waals surface area contributed by atoms with Crippen molar-refractivity contribution in [1.82, 2.24) is 9.88 Å². The number of thiophene rings is 1. The first kappa shape index (κ1) is 27.5. The number of benzene rings is 1. The van der Waals surface area contributed by atoms with E-state index in [1.54, 1.807) is 45.0 Å². The van der Waals surface area contributed by atoms with Crippen LogP contribution in [0.3, 0.4) is 0 Å². The van der Waals surface area contributed by atoms with Crippen LogP contribution in [0, 0.1) is 0 Å². The van der Waals surface area contributed by atoms with E-state index in [0.717, 1.165) is 26.3 Å². The highest BCUT2D eigenvalue weighted by molar-refractivity contribution is 7.90. The van der Waals surface area contributed by atoms with E-state index in [2.05, 4.69) is 0 Å². The second-order valence-corrected chi connectivity index (χ2v) is 14.2. The van der Waals surface area contributed by atoms with Crippen LogP contribution in [0.5, 0.6) is 5.75 Å². The van der Waals surface area contributed by atoms with Crippen LogP contribution in [0.25, 0.3) is 21.3 Å². The molecule has 2 aromatic heterocycles. The molecule has 4 heterocycles. The third kappa shape index (κ3) is 5.80. The van der Waals surface area contributed by atoms with E-state index in [4.69, 9.17) is 26.1 Å². The van der Waals surface area contributed by atoms with Crippen LogP contribution in [0.1, 0.15) is 49.7 Å². The Bertz CT molecular complexity index is 1590. The SMILES string of the molecule is CC(C)(C)OC(=O)COc1ccc(-c2c(Cl)c(CN3C(=O)CCC3=O)nc3sc4c(c23)CCS(=O)(=O)C4)cc1. The first-order valence-corrected chi connectivity index (χ1v) is 15.4. The summed E-state index contributed by atoms with van der Waals surface area (Å²) in [4.78, 5) is 43.8. The molecule has 0 aliphatic carbocycles. The fourth-order valence-electron chi connectivity index (χ4n) is 4.73. The number of nitrogens with zero attached hydrogens (tertiary/aromatic N) is 2. The van der Waals surface area contributed by atoms with Crippen molar-refractivity contribution in [3.05, 3.63) is 45.4 Å². The number of ether oxygens (including phenoxy) is 2. The summed E-state index contributed by atoms with van der Waals surface area (Å²) in [6.45, 7) is 5.03. The van der Waals surface area contributed by atoms with Gasteiger partial charge in [0.1, 0.15) is 16.2 Å². The Morgan fingerprint density at radius 3 is 2.41 bits per heavy atom. The quantitative estimate of drug-likeness (QED) is 0.305. The molecule has 0 atom stereocenters. The number of likely N-dealkylation sites (tertiary alicyclic amines) is 1. The minimum Gasteiger partial charge on any atom is -0.482 e. The molecule has 0 radical (unpaired) electrons. The first-order chi connectivity index (χ1) is 18.3. The molecule has 0 N–H and O–H groups in total. The number of esters is 1. The van der Waals surface area contributed by atoms with Crippen molar-refractivity contribution >= 4 is 60.8 Å². The molecule has 2 amide bonds. The Balaban J connectivity index is 1.54. The number of aryl methyl sites for hydroxylation is 1. The highest BCUT2D eigenvalue weighted by Gasteiger charge is 2.33. The summed E-state index contributed by atoms with van der Waals surface area (Å²) in [5, 5.41) is 1.08. The molecule has 5 rings (SSSR count). The predicted octanol–water partition coefficient (Wildman–Crippen LogP) is 4.46. The maximum Gasteiger partial charge on any atom is 0.344 e. The van der Waals surface area contributed by atoms with Crippen LogP contribution < -0.4 is 4.74 Å². The van der Waals surface area contributed by atoms with Gasteiger partial charge in [-0.1, -0.05) is 23.7 Å². The number of aromatic nitrogens is 1. The van der Waals surface area contributed by atoms with Crippen molar-refractivity contribution in [2.24, 2.45) is 0 Å². The maximum atomic E-state index is 12.3. The maximum absolute atomic E-state index is 12.3. The topological polar surface area (TPSA) is 120 Å². The smallest absolute Gasteiger partial charge is 0.344 e. The molecular weight excluding hydrogens is 564 g/mol. The summed E-state index contributed by atoms with van der Waals surface area (Å²) in [6, 6.07) is 7.01. The summed E-state index contributed by atoms with van der Waals surface area (Å²) in [6.07, 6.45) is 0.658. The molecule has 12 heteroatoms. The van der Waals surface area contributed by atoms with Crippen molar-refractivity contribution in [3.63, 3.8) is 0 Å². The lowest BCUT2D eigenvalue weighted by molar-refractivity contribution is -0.157. The number of imide groups is 1. The number of carbonyl (C=O) groups is 3. The van der Waals surface area contributed by atoms with E-state index >= 15 is 0 Å². The second kappa shape index (κ2) is 10.2. The highest BCUT2D eigenvalue weighted by atomic mass is 35.5. The fourth-order valence-corrected chi connectivity index (χ4v) is 8.08. The fraction of sp³-hybridized carbons (Fsp3) is 0.407. The summed E-state index contributed by atoms with van der Waals surface area (Å²) in [5.41, 5.74) is 2.04. The Morgan fingerprint density at radius 2 is 1.77 bits per heavy atom. The minimum absolute atomic E-state index is 0.0405. The molecule has 0 saturated carbocycles. The first-order valence-electron chi connectivity index (χ1n) is 12.4. The molecule has 2 aliphatic rings. The van der Waals surface area contributed by atoms with Gasteiger partial charge in [-0.3, -0.25) is 14.5 Å². The zero-order valence-electron chi connectivity index (χ0n) is 21.7. The number of sulfone groups is 1. The molecule has 1 fully saturated rings. The third-order valence-corrected chi connectivity index (χ3v) is 9.70. The van der Waals surface area contributed by atoms with Gasteiger partial charge in [0.25, 0.3) is 0 Å². The summed E-state index contributed by atoms with van der Waals surface area (Å²) >= 11 is 8.24. The molecule has 1 saturated heterocycles. The predicted molar refractivity (Wildman–Crippen MR) is 147 cm³/mol. The lowest BCUT2D eigenvalue weighted by Gasteiger charge is -2.19. The van der Waals surface area contributed by atoms with Crippen molar-refractivity contribution in [1.29, 1.82) is 0 Å². The van der Waals surface area contributed by atoms with Gasteiger partial charge < -0.3 is 9.47 Å². The Hall–Kier alpha value is -3.02. The normalized spacial score (nSPS) is 17.0. The van der Waals surface area contributed by atoms with Crippen LogP contribution >= 0.6 is 22.9 Å². The van der Waals surface area contributed by atoms with Crippen molar-refractivity contribution in [3.8, 4) is 16.9 Å². The lowest BCUT2D eigenvalue weighted by atomic mass is 9.97. The Kier molecular flexibility index (Phi) is 7.19. The third-order valence-electron chi connectivity index (χ3n) is 6.43. The van der Waals surface area contributed by atoms with E-state index in [9.17, 15) is 22.8 Å². The van der Waals surface area contributed by atoms with E-state index in [1.165, 1.54) is 11.3 Å². The zero-order valence-corrected chi connectivity index (χ0v) is 24.1. The molecule has 206 valence electrons. The van der Waals surface area contributed by atoms with E-state index in [0.29, 0.717) is 33.3 Å². The number of halogens is 1. The standard InChI is InChI=1S/C27H27ClN2O7S2/c1-27(2,3)37-22(33)13-36-16-6-4-15(5-7-16)23-24-17-10-11-39(34,35)14-19(17)38-26(24)29-18(25(23)28)12-30-20(31)8-9-21(30)32/h4-7H,8-14H2,1-3H3. The van der Waals surface area contributed by atoms with Gasteiger partial charge in [0.2, 0.25) is 11.8 Å². The van der Waals surface area contributed by atoms with Gasteiger partial charge in [-0.15, -0.1) is 11.3 Å². The average molecular weight is 591 g/mol. The van der Waals surface area contributed by atoms with Crippen molar-refractivity contribution in [2.45, 2.75) is 57.9 Å². The van der Waals surface area contributed by atoms with Gasteiger partial charge in [-0.2, -0.15) is 0 Å². The molecule has 0 bridgehead atoms. The number of amides is 2. The second-order valence-electron chi connectivity index (χ2n) is 10.5. The van der Waals surface area contributed by atoms with Crippen molar-refractivity contribution in [2.75, 3.05) is 12.4 Å². The molecule has 0 unspecified atom stereocenters. The average Bonchev–Trinajstić information content (AvgIpc) is 3.35. The summed E-state index contributed by atoms with van der Waals surface area (Å²) < 4.78 is 35.5. The Labute approximate surface area is 235 Å². The number of carbonyl (C=O) groups excluding carboxylic acids is 3. The van der Waals surface area contributed by atoms with Crippen LogP contribution in [-0.4, -0.2) is 54.0 Å². The molecule has 3 aromatic rings. The van der Waals surface area contributed by atoms with Gasteiger partial charge in [0.05, 0.1) is 28.8 Å². The van der Waals surface area contributed by atoms with E-state index in [1.807, 2.05) is 0 Å². The monoisotopic (exact) mass is 590 g/mol. The molecule has 39 heavy (non-hydrogen) atoms. The largest absolute Gasteiger partial charge is 0.482 e. The zero-order chi connectivity index (χ0) is 28.1. The van der Waals surface area contributed by atoms with Crippen molar-refractivity contribution < 1.29 is 32.3 Å². The molecular formula is C27H27ClN2O7S2. The highest BCUT2D eigenvalue weighted by Crippen LogP contribution is 2.45. The van der Waals surface area contributed by atoms with Gasteiger partial charge in [-0.25, -0.2) is 18.2 Å². The summed E-state index contributed by atoms with van der Waals surface area (Å²) in [5.74, 6) is -0.598. The number of rotatable bonds is 6. The van der Waals surface area contributed by atoms with E-state index < -0.39 is 21.4 Å². The van der Waals surface area contributed by atoms with Gasteiger partial charge in [0, 0.05) is 28.7 Å². The molecule has 2 aliphatic heterocycles. The van der Waals surface area contributed by atoms with Gasteiger partial charge in [-0.05, 0) is 50.5 Å². The van der Waals surface area contributed by atoms with Gasteiger partial charge in [0.15, 0.2) is 16.4 Å². The van der Waals surface area contributed by atoms with Crippen LogP contribution in [0.4, 0.5) is 0 Å². The van der Waals surface area contributed by atoms with Crippen LogP contribution in [0.2, 0.25) is 5.02 Å². The van der Waals surface area contributed by atoms with Crippen LogP contribution in [-0.2, 0) is 47.7 Å². The summed E-state index contributed by atoms with van der Waals surface area (Å²) in [7, 11) is -3.21. The number of hydrogen-bond donors (Lipinski definition) is 0. The lowest BCUT2D eigenvalue weighted by Crippen LogP contribution is -2.29. The molecule has 1 aromatic carbocycles. The number of hydrogen-bond acceptors (Lipinski definition) is 9. The van der Waals surface area contributed by atoms with Gasteiger partial charge >= 0.3 is 5.97 Å². The molecule has 9 nitrogen and oxygen atoms in total. The van der Waals surface area contributed by atoms with Crippen LogP contribution in [0.15, 0.2) is 24.3 Å². The minimum atomic E-state index is -3.21. The molecule has 0 spiro atoms. The number of pyridine rings is 1. The Morgan fingerprint density at radius 1 is 1.10 bits per heavy atom. The number of fused-ring (bicyclic) bond motifs is 3.